The summed E-state index contributed by atoms with van der Waals surface area (Å²) < 4.78 is 0. The van der Waals surface area contributed by atoms with E-state index in [1.807, 2.05) is 25.1 Å². The molecule has 0 heterocycles. The lowest BCUT2D eigenvalue weighted by molar-refractivity contribution is -0.0260. The van der Waals surface area contributed by atoms with E-state index in [0.29, 0.717) is 5.56 Å². The Balaban J connectivity index is 2.07. The molecule has 3 atom stereocenters. The molecule has 0 aliphatic heterocycles. The Kier molecular flexibility index (Phi) is 6.64. The van der Waals surface area contributed by atoms with Crippen molar-refractivity contribution < 1.29 is 20.4 Å². The summed E-state index contributed by atoms with van der Waals surface area (Å²) >= 11 is 0. The number of aryl methyl sites for hydroxylation is 1. The first kappa shape index (κ1) is 20.2. The van der Waals surface area contributed by atoms with Crippen LogP contribution in [0, 0.1) is 0 Å². The normalized spacial score (nSPS) is 15.4. The summed E-state index contributed by atoms with van der Waals surface area (Å²) in [5.41, 5.74) is 0.480. The molecule has 142 valence electrons. The molecule has 0 aromatic heterocycles. The number of aromatic hydroxyl groups is 2. The number of phenols is 2. The van der Waals surface area contributed by atoms with E-state index in [2.05, 4.69) is 17.4 Å². The number of hydrogen-bond donors (Lipinski definition) is 5. The largest absolute Gasteiger partial charge is 0.504 e. The summed E-state index contributed by atoms with van der Waals surface area (Å²) in [7, 11) is 0. The van der Waals surface area contributed by atoms with Gasteiger partial charge in [0.15, 0.2) is 11.5 Å². The zero-order chi connectivity index (χ0) is 19.3. The number of nitrogens with one attached hydrogen (secondary N) is 1. The third-order valence-corrected chi connectivity index (χ3v) is 4.59. The average molecular weight is 359 g/mol. The highest BCUT2D eigenvalue weighted by Gasteiger charge is 2.35. The van der Waals surface area contributed by atoms with Gasteiger partial charge in [-0.3, -0.25) is 0 Å². The first-order valence-electron chi connectivity index (χ1n) is 8.90. The molecule has 5 heteroatoms. The number of aliphatic hydroxyl groups is 2. The van der Waals surface area contributed by atoms with Crippen molar-refractivity contribution in [1.82, 2.24) is 5.32 Å². The van der Waals surface area contributed by atoms with E-state index in [-0.39, 0.29) is 17.5 Å². The molecule has 2 aromatic carbocycles. The molecule has 5 nitrogen and oxygen atoms in total. The van der Waals surface area contributed by atoms with Gasteiger partial charge in [0.25, 0.3) is 0 Å². The van der Waals surface area contributed by atoms with Crippen LogP contribution in [0.1, 0.15) is 44.4 Å². The summed E-state index contributed by atoms with van der Waals surface area (Å²) in [4.78, 5) is 0. The van der Waals surface area contributed by atoms with Gasteiger partial charge in [-0.2, -0.15) is 0 Å². The Hall–Kier alpha value is -2.08. The smallest absolute Gasteiger partial charge is 0.157 e. The Morgan fingerprint density at radius 3 is 2.23 bits per heavy atom. The second-order valence-corrected chi connectivity index (χ2v) is 7.42. The van der Waals surface area contributed by atoms with Crippen LogP contribution in [0.3, 0.4) is 0 Å². The molecule has 0 aliphatic rings. The van der Waals surface area contributed by atoms with Crippen molar-refractivity contribution in [3.63, 3.8) is 0 Å². The highest BCUT2D eigenvalue weighted by Crippen LogP contribution is 2.31. The highest BCUT2D eigenvalue weighted by atomic mass is 16.3. The maximum atomic E-state index is 10.8. The number of aliphatic hydroxyl groups excluding tert-OH is 1. The second kappa shape index (κ2) is 8.54. The van der Waals surface area contributed by atoms with Gasteiger partial charge >= 0.3 is 0 Å². The predicted molar refractivity (Wildman–Crippen MR) is 102 cm³/mol. The van der Waals surface area contributed by atoms with Crippen molar-refractivity contribution in [3.05, 3.63) is 59.7 Å². The number of hydrogen-bond acceptors (Lipinski definition) is 5. The lowest BCUT2D eigenvalue weighted by Crippen LogP contribution is -2.53. The van der Waals surface area contributed by atoms with E-state index in [0.717, 1.165) is 12.8 Å². The molecule has 0 aliphatic carbocycles. The van der Waals surface area contributed by atoms with Gasteiger partial charge in [-0.25, -0.2) is 0 Å². The van der Waals surface area contributed by atoms with Crippen molar-refractivity contribution in [2.24, 2.45) is 0 Å². The molecule has 0 amide bonds. The van der Waals surface area contributed by atoms with Gasteiger partial charge < -0.3 is 25.7 Å². The Morgan fingerprint density at radius 1 is 1.00 bits per heavy atom. The van der Waals surface area contributed by atoms with Crippen LogP contribution in [0.15, 0.2) is 48.5 Å². The molecule has 26 heavy (non-hydrogen) atoms. The topological polar surface area (TPSA) is 93.0 Å². The monoisotopic (exact) mass is 359 g/mol. The van der Waals surface area contributed by atoms with Crippen molar-refractivity contribution >= 4 is 0 Å². The van der Waals surface area contributed by atoms with E-state index in [9.17, 15) is 20.4 Å². The van der Waals surface area contributed by atoms with Crippen molar-refractivity contribution in [2.45, 2.75) is 57.4 Å². The van der Waals surface area contributed by atoms with Gasteiger partial charge in [0.1, 0.15) is 0 Å². The van der Waals surface area contributed by atoms with Gasteiger partial charge in [0.05, 0.1) is 17.7 Å². The van der Waals surface area contributed by atoms with E-state index in [1.165, 1.54) is 23.8 Å². The molecule has 0 fully saturated rings. The molecule has 3 unspecified atom stereocenters. The highest BCUT2D eigenvalue weighted by molar-refractivity contribution is 5.41. The van der Waals surface area contributed by atoms with E-state index < -0.39 is 17.7 Å². The number of rotatable bonds is 8. The molecule has 0 spiro atoms. The third-order valence-electron chi connectivity index (χ3n) is 4.59. The first-order chi connectivity index (χ1) is 12.2. The lowest BCUT2D eigenvalue weighted by Gasteiger charge is -2.36. The average Bonchev–Trinajstić information content (AvgIpc) is 2.59. The molecular formula is C21H29NO4. The van der Waals surface area contributed by atoms with Crippen LogP contribution < -0.4 is 5.32 Å². The molecular weight excluding hydrogens is 330 g/mol. The predicted octanol–water partition coefficient (Wildman–Crippen LogP) is 2.88. The van der Waals surface area contributed by atoms with Crippen LogP contribution in [-0.2, 0) is 6.42 Å². The Bertz CT molecular complexity index is 697. The zero-order valence-corrected chi connectivity index (χ0v) is 15.6. The molecule has 0 saturated heterocycles. The summed E-state index contributed by atoms with van der Waals surface area (Å²) in [5.74, 6) is -0.543. The van der Waals surface area contributed by atoms with Crippen LogP contribution in [0.4, 0.5) is 0 Å². The maximum absolute atomic E-state index is 10.8. The molecule has 0 bridgehead atoms. The number of phenolic OH excluding ortho intramolecular Hbond substituents is 2. The van der Waals surface area contributed by atoms with E-state index >= 15 is 0 Å². The summed E-state index contributed by atoms with van der Waals surface area (Å²) in [6.45, 7) is 5.29. The fourth-order valence-electron chi connectivity index (χ4n) is 3.02. The number of benzene rings is 2. The van der Waals surface area contributed by atoms with Crippen molar-refractivity contribution in [2.75, 3.05) is 0 Å². The first-order valence-corrected chi connectivity index (χ1v) is 8.90. The fraction of sp³-hybridized carbons (Fsp3) is 0.429. The van der Waals surface area contributed by atoms with Crippen molar-refractivity contribution in [3.8, 4) is 11.5 Å². The van der Waals surface area contributed by atoms with Gasteiger partial charge in [-0.15, -0.1) is 0 Å². The van der Waals surface area contributed by atoms with E-state index in [4.69, 9.17) is 0 Å². The quantitative estimate of drug-likeness (QED) is 0.467. The zero-order valence-electron chi connectivity index (χ0n) is 15.6. The van der Waals surface area contributed by atoms with E-state index in [1.54, 1.807) is 13.8 Å². The summed E-state index contributed by atoms with van der Waals surface area (Å²) in [6, 6.07) is 13.8. The molecule has 2 aromatic rings. The van der Waals surface area contributed by atoms with Gasteiger partial charge in [0.2, 0.25) is 0 Å². The third kappa shape index (κ3) is 5.46. The maximum Gasteiger partial charge on any atom is 0.157 e. The molecule has 5 N–H and O–H groups in total. The lowest BCUT2D eigenvalue weighted by atomic mass is 9.88. The Labute approximate surface area is 154 Å². The standard InChI is InChI=1S/C21H29NO4/c1-14(9-10-15-7-5-4-6-8-15)22-20(21(2,3)26)19(25)16-11-12-17(23)18(24)13-16/h4-8,11-14,19-20,22-26H,9-10H2,1-3H3. The minimum absolute atomic E-state index is 0.0620. The van der Waals surface area contributed by atoms with Gasteiger partial charge in [-0.1, -0.05) is 36.4 Å². The van der Waals surface area contributed by atoms with Crippen LogP contribution in [0.25, 0.3) is 0 Å². The van der Waals surface area contributed by atoms with Crippen molar-refractivity contribution in [1.29, 1.82) is 0 Å². The minimum Gasteiger partial charge on any atom is -0.504 e. The van der Waals surface area contributed by atoms with Gasteiger partial charge in [-0.05, 0) is 56.9 Å². The molecule has 2 rings (SSSR count). The summed E-state index contributed by atoms with van der Waals surface area (Å²) in [6.07, 6.45) is 0.703. The van der Waals surface area contributed by atoms with Crippen LogP contribution in [0.2, 0.25) is 0 Å². The second-order valence-electron chi connectivity index (χ2n) is 7.42. The fourth-order valence-corrected chi connectivity index (χ4v) is 3.02. The summed E-state index contributed by atoms with van der Waals surface area (Å²) in [5, 5.41) is 43.7. The van der Waals surface area contributed by atoms with Gasteiger partial charge in [0, 0.05) is 6.04 Å². The molecule has 0 saturated carbocycles. The van der Waals surface area contributed by atoms with Crippen LogP contribution in [0.5, 0.6) is 11.5 Å². The Morgan fingerprint density at radius 2 is 1.65 bits per heavy atom. The molecule has 0 radical (unpaired) electrons. The van der Waals surface area contributed by atoms with Crippen LogP contribution >= 0.6 is 0 Å². The SMILES string of the molecule is CC(CCc1ccccc1)NC(C(O)c1ccc(O)c(O)c1)C(C)(C)O. The van der Waals surface area contributed by atoms with Crippen LogP contribution in [-0.4, -0.2) is 38.1 Å². The minimum atomic E-state index is -1.19.